The van der Waals surface area contributed by atoms with Gasteiger partial charge in [0.15, 0.2) is 0 Å². The fourth-order valence-electron chi connectivity index (χ4n) is 2.18. The first-order valence-corrected chi connectivity index (χ1v) is 7.11. The predicted molar refractivity (Wildman–Crippen MR) is 85.5 cm³/mol. The molecule has 1 aromatic heterocycles. The lowest BCUT2D eigenvalue weighted by molar-refractivity contribution is 0.395. The maximum Gasteiger partial charge on any atom is 0.218 e. The van der Waals surface area contributed by atoms with Crippen molar-refractivity contribution < 1.29 is 4.74 Å². The Labute approximate surface area is 125 Å². The topological polar surface area (TPSA) is 64.3 Å². The van der Waals surface area contributed by atoms with E-state index in [2.05, 4.69) is 21.8 Å². The van der Waals surface area contributed by atoms with Crippen LogP contribution in [0.5, 0.6) is 5.88 Å². The highest BCUT2D eigenvalue weighted by Gasteiger charge is 2.11. The van der Waals surface area contributed by atoms with Crippen molar-refractivity contribution in [3.8, 4) is 5.88 Å². The summed E-state index contributed by atoms with van der Waals surface area (Å²) in [6.07, 6.45) is 1.04. The molecule has 1 aromatic carbocycles. The van der Waals surface area contributed by atoms with E-state index in [4.69, 9.17) is 10.5 Å². The first kappa shape index (κ1) is 15.1. The molecular weight excluding hydrogens is 264 g/mol. The monoisotopic (exact) mass is 286 g/mol. The number of ether oxygens (including phenoxy) is 1. The molecule has 0 atom stereocenters. The van der Waals surface area contributed by atoms with Crippen LogP contribution in [0.2, 0.25) is 0 Å². The highest BCUT2D eigenvalue weighted by Crippen LogP contribution is 2.20. The fraction of sp³-hybridized carbons (Fsp3) is 0.375. The average molecular weight is 286 g/mol. The number of nitrogens with two attached hydrogens (primary N) is 1. The first-order chi connectivity index (χ1) is 10.1. The Balaban J connectivity index is 2.25. The van der Waals surface area contributed by atoms with E-state index in [1.54, 1.807) is 7.11 Å². The smallest absolute Gasteiger partial charge is 0.218 e. The Morgan fingerprint density at radius 1 is 1.19 bits per heavy atom. The lowest BCUT2D eigenvalue weighted by Gasteiger charge is -2.24. The van der Waals surface area contributed by atoms with Crippen LogP contribution >= 0.6 is 0 Å². The highest BCUT2D eigenvalue weighted by molar-refractivity contribution is 5.44. The fourth-order valence-corrected chi connectivity index (χ4v) is 2.18. The van der Waals surface area contributed by atoms with E-state index >= 15 is 0 Å². The van der Waals surface area contributed by atoms with Gasteiger partial charge in [-0.15, -0.1) is 0 Å². The molecule has 0 saturated carbocycles. The van der Waals surface area contributed by atoms with Gasteiger partial charge in [-0.05, 0) is 31.0 Å². The molecule has 2 N–H and O–H groups in total. The summed E-state index contributed by atoms with van der Waals surface area (Å²) in [5.41, 5.74) is 7.71. The third-order valence-corrected chi connectivity index (χ3v) is 3.18. The number of anilines is 2. The van der Waals surface area contributed by atoms with Crippen LogP contribution in [-0.2, 0) is 6.54 Å². The van der Waals surface area contributed by atoms with Crippen LogP contribution in [0, 0.1) is 6.92 Å². The lowest BCUT2D eigenvalue weighted by Crippen LogP contribution is -2.25. The zero-order valence-corrected chi connectivity index (χ0v) is 12.8. The van der Waals surface area contributed by atoms with Gasteiger partial charge in [0.2, 0.25) is 5.88 Å². The largest absolute Gasteiger partial charge is 0.481 e. The summed E-state index contributed by atoms with van der Waals surface area (Å²) in [6, 6.07) is 9.81. The van der Waals surface area contributed by atoms with Crippen LogP contribution in [0.4, 0.5) is 11.5 Å². The van der Waals surface area contributed by atoms with Crippen molar-refractivity contribution >= 4 is 11.5 Å². The van der Waals surface area contributed by atoms with Crippen molar-refractivity contribution in [2.75, 3.05) is 24.3 Å². The number of nitrogen functional groups attached to an aromatic ring is 1. The third-order valence-electron chi connectivity index (χ3n) is 3.18. The zero-order chi connectivity index (χ0) is 15.2. The van der Waals surface area contributed by atoms with Gasteiger partial charge in [-0.3, -0.25) is 0 Å². The SMILES string of the molecule is CCCN(Cc1ccc(N)cc1)c1cc(OC)nc(C)n1. The maximum absolute atomic E-state index is 5.73. The number of benzene rings is 1. The molecule has 21 heavy (non-hydrogen) atoms. The zero-order valence-electron chi connectivity index (χ0n) is 12.8. The first-order valence-electron chi connectivity index (χ1n) is 7.11. The van der Waals surface area contributed by atoms with E-state index in [1.165, 1.54) is 5.56 Å². The number of methoxy groups -OCH3 is 1. The summed E-state index contributed by atoms with van der Waals surface area (Å²) in [4.78, 5) is 11.0. The molecule has 0 amide bonds. The minimum Gasteiger partial charge on any atom is -0.481 e. The summed E-state index contributed by atoms with van der Waals surface area (Å²) in [6.45, 7) is 5.73. The Bertz CT molecular complexity index is 583. The van der Waals surface area contributed by atoms with Gasteiger partial charge < -0.3 is 15.4 Å². The van der Waals surface area contributed by atoms with E-state index in [1.807, 2.05) is 37.3 Å². The molecule has 0 aliphatic heterocycles. The van der Waals surface area contributed by atoms with Crippen molar-refractivity contribution in [2.45, 2.75) is 26.8 Å². The van der Waals surface area contributed by atoms with Gasteiger partial charge in [0, 0.05) is 24.8 Å². The molecule has 0 bridgehead atoms. The summed E-state index contributed by atoms with van der Waals surface area (Å²) in [5, 5.41) is 0. The number of hydrogen-bond acceptors (Lipinski definition) is 5. The molecule has 1 heterocycles. The second kappa shape index (κ2) is 6.92. The molecule has 0 spiro atoms. The lowest BCUT2D eigenvalue weighted by atomic mass is 10.2. The molecule has 112 valence electrons. The van der Waals surface area contributed by atoms with Crippen LogP contribution in [0.3, 0.4) is 0 Å². The Morgan fingerprint density at radius 2 is 1.90 bits per heavy atom. The van der Waals surface area contributed by atoms with Gasteiger partial charge in [0.25, 0.3) is 0 Å². The van der Waals surface area contributed by atoms with Gasteiger partial charge in [0.05, 0.1) is 7.11 Å². The van der Waals surface area contributed by atoms with Gasteiger partial charge in [-0.25, -0.2) is 4.98 Å². The van der Waals surface area contributed by atoms with Gasteiger partial charge in [-0.2, -0.15) is 4.98 Å². The maximum atomic E-state index is 5.73. The molecule has 0 aliphatic carbocycles. The summed E-state index contributed by atoms with van der Waals surface area (Å²) >= 11 is 0. The molecule has 0 aliphatic rings. The second-order valence-corrected chi connectivity index (χ2v) is 4.98. The van der Waals surface area contributed by atoms with Gasteiger partial charge >= 0.3 is 0 Å². The minimum absolute atomic E-state index is 0.593. The number of aryl methyl sites for hydroxylation is 1. The van der Waals surface area contributed by atoms with Crippen molar-refractivity contribution in [3.63, 3.8) is 0 Å². The van der Waals surface area contributed by atoms with Crippen LogP contribution in [0.1, 0.15) is 24.7 Å². The van der Waals surface area contributed by atoms with Crippen LogP contribution in [0.15, 0.2) is 30.3 Å². The van der Waals surface area contributed by atoms with Crippen LogP contribution in [-0.4, -0.2) is 23.6 Å². The number of nitrogens with zero attached hydrogens (tertiary/aromatic N) is 3. The van der Waals surface area contributed by atoms with Crippen molar-refractivity contribution in [2.24, 2.45) is 0 Å². The number of hydrogen-bond donors (Lipinski definition) is 1. The Hall–Kier alpha value is -2.30. The Morgan fingerprint density at radius 3 is 2.52 bits per heavy atom. The summed E-state index contributed by atoms with van der Waals surface area (Å²) in [5.74, 6) is 2.19. The van der Waals surface area contributed by atoms with E-state index in [9.17, 15) is 0 Å². The predicted octanol–water partition coefficient (Wildman–Crippen LogP) is 2.79. The molecule has 0 fully saturated rings. The summed E-state index contributed by atoms with van der Waals surface area (Å²) < 4.78 is 5.24. The van der Waals surface area contributed by atoms with E-state index < -0.39 is 0 Å². The molecule has 2 rings (SSSR count). The molecule has 2 aromatic rings. The highest BCUT2D eigenvalue weighted by atomic mass is 16.5. The van der Waals surface area contributed by atoms with E-state index in [-0.39, 0.29) is 0 Å². The minimum atomic E-state index is 0.593. The van der Waals surface area contributed by atoms with Crippen molar-refractivity contribution in [1.29, 1.82) is 0 Å². The molecule has 5 heteroatoms. The molecule has 0 unspecified atom stereocenters. The third kappa shape index (κ3) is 4.08. The molecular formula is C16H22N4O. The van der Waals surface area contributed by atoms with Crippen molar-refractivity contribution in [1.82, 2.24) is 9.97 Å². The average Bonchev–Trinajstić information content (AvgIpc) is 2.48. The van der Waals surface area contributed by atoms with Crippen LogP contribution < -0.4 is 15.4 Å². The number of aromatic nitrogens is 2. The van der Waals surface area contributed by atoms with E-state index in [0.29, 0.717) is 11.7 Å². The Kier molecular flexibility index (Phi) is 4.98. The normalized spacial score (nSPS) is 10.4. The molecule has 5 nitrogen and oxygen atoms in total. The van der Waals surface area contributed by atoms with Gasteiger partial charge in [0.1, 0.15) is 11.6 Å². The number of rotatable bonds is 6. The van der Waals surface area contributed by atoms with Gasteiger partial charge in [-0.1, -0.05) is 19.1 Å². The molecule has 0 radical (unpaired) electrons. The van der Waals surface area contributed by atoms with E-state index in [0.717, 1.165) is 31.0 Å². The quantitative estimate of drug-likeness (QED) is 0.827. The summed E-state index contributed by atoms with van der Waals surface area (Å²) in [7, 11) is 1.62. The second-order valence-electron chi connectivity index (χ2n) is 4.98. The standard InChI is InChI=1S/C16H22N4O/c1-4-9-20(11-13-5-7-14(17)8-6-13)15-10-16(21-3)19-12(2)18-15/h5-8,10H,4,9,11,17H2,1-3H3. The molecule has 0 saturated heterocycles. The van der Waals surface area contributed by atoms with Crippen LogP contribution in [0.25, 0.3) is 0 Å². The van der Waals surface area contributed by atoms with Crippen molar-refractivity contribution in [3.05, 3.63) is 41.7 Å².